The van der Waals surface area contributed by atoms with Crippen LogP contribution in [0.25, 0.3) is 0 Å². The molecule has 0 spiro atoms. The third kappa shape index (κ3) is 5.14. The summed E-state index contributed by atoms with van der Waals surface area (Å²) < 4.78 is 18.7. The van der Waals surface area contributed by atoms with Gasteiger partial charge < -0.3 is 10.1 Å². The molecule has 2 rings (SSSR count). The Balaban J connectivity index is 2.01. The quantitative estimate of drug-likeness (QED) is 0.772. The first-order chi connectivity index (χ1) is 12.0. The van der Waals surface area contributed by atoms with E-state index in [0.717, 1.165) is 18.4 Å². The van der Waals surface area contributed by atoms with Gasteiger partial charge in [0.1, 0.15) is 5.82 Å². The van der Waals surface area contributed by atoms with Crippen LogP contribution in [0, 0.1) is 5.82 Å². The van der Waals surface area contributed by atoms with Crippen molar-refractivity contribution in [3.63, 3.8) is 0 Å². The van der Waals surface area contributed by atoms with E-state index >= 15 is 0 Å². The molecule has 0 unspecified atom stereocenters. The predicted molar refractivity (Wildman–Crippen MR) is 93.5 cm³/mol. The van der Waals surface area contributed by atoms with E-state index in [1.54, 1.807) is 0 Å². The van der Waals surface area contributed by atoms with Crippen LogP contribution in [0.4, 0.5) is 4.39 Å². The first-order valence-corrected chi connectivity index (χ1v) is 8.33. The summed E-state index contributed by atoms with van der Waals surface area (Å²) in [6, 6.07) is 15.0. The van der Waals surface area contributed by atoms with E-state index in [1.807, 2.05) is 37.3 Å². The number of esters is 1. The third-order valence-corrected chi connectivity index (χ3v) is 3.84. The molecule has 2 atom stereocenters. The molecule has 0 aromatic heterocycles. The molecular weight excluding hydrogens is 321 g/mol. The lowest BCUT2D eigenvalue weighted by molar-refractivity contribution is -0.129. The molecule has 5 heteroatoms. The largest absolute Gasteiger partial charge is 0.449 e. The SMILES string of the molecule is CCC[C@H](NC(=O)[C@@H](C)OC(=O)c1ccccc1F)c1ccccc1. The van der Waals surface area contributed by atoms with Gasteiger partial charge in [-0.1, -0.05) is 55.8 Å². The Morgan fingerprint density at radius 3 is 2.36 bits per heavy atom. The second-order valence-corrected chi connectivity index (χ2v) is 5.79. The van der Waals surface area contributed by atoms with Crippen LogP contribution >= 0.6 is 0 Å². The summed E-state index contributed by atoms with van der Waals surface area (Å²) in [5.74, 6) is -1.94. The number of benzene rings is 2. The Morgan fingerprint density at radius 2 is 1.72 bits per heavy atom. The van der Waals surface area contributed by atoms with Gasteiger partial charge in [0.05, 0.1) is 11.6 Å². The molecule has 0 radical (unpaired) electrons. The highest BCUT2D eigenvalue weighted by Gasteiger charge is 2.23. The van der Waals surface area contributed by atoms with Crippen molar-refractivity contribution >= 4 is 11.9 Å². The van der Waals surface area contributed by atoms with E-state index in [1.165, 1.54) is 31.2 Å². The first kappa shape index (κ1) is 18.6. The minimum atomic E-state index is -1.02. The number of carbonyl (C=O) groups excluding carboxylic acids is 2. The fourth-order valence-corrected chi connectivity index (χ4v) is 2.49. The number of rotatable bonds is 7. The van der Waals surface area contributed by atoms with Crippen molar-refractivity contribution in [3.8, 4) is 0 Å². The zero-order chi connectivity index (χ0) is 18.2. The summed E-state index contributed by atoms with van der Waals surface area (Å²) in [5.41, 5.74) is 0.806. The standard InChI is InChI=1S/C20H22FNO3/c1-3-9-18(15-10-5-4-6-11-15)22-19(23)14(2)25-20(24)16-12-7-8-13-17(16)21/h4-8,10-14,18H,3,9H2,1-2H3,(H,22,23)/t14-,18+/m1/s1. The van der Waals surface area contributed by atoms with Gasteiger partial charge in [-0.3, -0.25) is 4.79 Å². The highest BCUT2D eigenvalue weighted by Crippen LogP contribution is 2.18. The van der Waals surface area contributed by atoms with E-state index in [-0.39, 0.29) is 11.6 Å². The lowest BCUT2D eigenvalue weighted by Gasteiger charge is -2.21. The highest BCUT2D eigenvalue weighted by molar-refractivity contribution is 5.92. The molecule has 0 saturated heterocycles. The van der Waals surface area contributed by atoms with Crippen LogP contribution in [0.2, 0.25) is 0 Å². The summed E-state index contributed by atoms with van der Waals surface area (Å²) in [6.07, 6.45) is 0.641. The van der Waals surface area contributed by atoms with Crippen molar-refractivity contribution in [2.45, 2.75) is 38.8 Å². The lowest BCUT2D eigenvalue weighted by atomic mass is 10.0. The number of hydrogen-bond acceptors (Lipinski definition) is 3. The van der Waals surface area contributed by atoms with Gasteiger partial charge in [-0.25, -0.2) is 9.18 Å². The van der Waals surface area contributed by atoms with E-state index < -0.39 is 23.8 Å². The summed E-state index contributed by atoms with van der Waals surface area (Å²) in [7, 11) is 0. The maximum atomic E-state index is 13.6. The average Bonchev–Trinajstić information content (AvgIpc) is 2.62. The first-order valence-electron chi connectivity index (χ1n) is 8.33. The van der Waals surface area contributed by atoms with Crippen molar-refractivity contribution in [2.75, 3.05) is 0 Å². The average molecular weight is 343 g/mol. The van der Waals surface area contributed by atoms with Crippen molar-refractivity contribution in [1.29, 1.82) is 0 Å². The Kier molecular flexibility index (Phi) is 6.69. The van der Waals surface area contributed by atoms with Gasteiger partial charge in [0.2, 0.25) is 0 Å². The van der Waals surface area contributed by atoms with Crippen molar-refractivity contribution in [3.05, 3.63) is 71.5 Å². The number of hydrogen-bond donors (Lipinski definition) is 1. The molecule has 0 aliphatic carbocycles. The molecule has 0 heterocycles. The van der Waals surface area contributed by atoms with Crippen LogP contribution in [-0.2, 0) is 9.53 Å². The number of halogens is 1. The van der Waals surface area contributed by atoms with Crippen LogP contribution in [0.1, 0.15) is 48.7 Å². The zero-order valence-corrected chi connectivity index (χ0v) is 14.4. The Bertz CT molecular complexity index is 718. The normalized spacial score (nSPS) is 12.9. The molecule has 132 valence electrons. The zero-order valence-electron chi connectivity index (χ0n) is 14.4. The topological polar surface area (TPSA) is 55.4 Å². The fourth-order valence-electron chi connectivity index (χ4n) is 2.49. The number of carbonyl (C=O) groups is 2. The maximum absolute atomic E-state index is 13.6. The van der Waals surface area contributed by atoms with Gasteiger partial charge in [0.15, 0.2) is 6.10 Å². The highest BCUT2D eigenvalue weighted by atomic mass is 19.1. The summed E-state index contributed by atoms with van der Waals surface area (Å²) in [6.45, 7) is 3.51. The second-order valence-electron chi connectivity index (χ2n) is 5.79. The fraction of sp³-hybridized carbons (Fsp3) is 0.300. The van der Waals surface area contributed by atoms with Gasteiger partial charge in [-0.05, 0) is 31.0 Å². The number of ether oxygens (including phenoxy) is 1. The van der Waals surface area contributed by atoms with Gasteiger partial charge in [-0.2, -0.15) is 0 Å². The molecule has 0 bridgehead atoms. The molecule has 0 aliphatic rings. The molecule has 1 amide bonds. The van der Waals surface area contributed by atoms with E-state index in [4.69, 9.17) is 4.74 Å². The van der Waals surface area contributed by atoms with Crippen LogP contribution in [0.15, 0.2) is 54.6 Å². The molecule has 4 nitrogen and oxygen atoms in total. The van der Waals surface area contributed by atoms with Crippen molar-refractivity contribution in [1.82, 2.24) is 5.32 Å². The smallest absolute Gasteiger partial charge is 0.341 e. The minimum absolute atomic E-state index is 0.159. The second kappa shape index (κ2) is 8.97. The van der Waals surface area contributed by atoms with Crippen LogP contribution in [0.5, 0.6) is 0 Å². The van der Waals surface area contributed by atoms with Crippen LogP contribution < -0.4 is 5.32 Å². The maximum Gasteiger partial charge on any atom is 0.341 e. The molecule has 0 saturated carbocycles. The summed E-state index contributed by atoms with van der Waals surface area (Å²) in [5, 5.41) is 2.90. The Hall–Kier alpha value is -2.69. The predicted octanol–water partition coefficient (Wildman–Crippen LogP) is 4.03. The lowest BCUT2D eigenvalue weighted by Crippen LogP contribution is -2.38. The van der Waals surface area contributed by atoms with E-state index in [9.17, 15) is 14.0 Å². The van der Waals surface area contributed by atoms with Crippen molar-refractivity contribution < 1.29 is 18.7 Å². The molecule has 0 fully saturated rings. The van der Waals surface area contributed by atoms with Gasteiger partial charge in [0, 0.05) is 0 Å². The van der Waals surface area contributed by atoms with E-state index in [0.29, 0.717) is 0 Å². The Morgan fingerprint density at radius 1 is 1.08 bits per heavy atom. The summed E-state index contributed by atoms with van der Waals surface area (Å²) >= 11 is 0. The van der Waals surface area contributed by atoms with Crippen LogP contribution in [0.3, 0.4) is 0 Å². The molecule has 0 aliphatic heterocycles. The summed E-state index contributed by atoms with van der Waals surface area (Å²) in [4.78, 5) is 24.4. The molecule has 2 aromatic carbocycles. The molecule has 2 aromatic rings. The van der Waals surface area contributed by atoms with Crippen molar-refractivity contribution in [2.24, 2.45) is 0 Å². The van der Waals surface area contributed by atoms with Crippen LogP contribution in [-0.4, -0.2) is 18.0 Å². The number of nitrogens with one attached hydrogen (secondary N) is 1. The molecular formula is C20H22FNO3. The minimum Gasteiger partial charge on any atom is -0.449 e. The number of amides is 1. The molecule has 25 heavy (non-hydrogen) atoms. The van der Waals surface area contributed by atoms with E-state index in [2.05, 4.69) is 5.32 Å². The monoisotopic (exact) mass is 343 g/mol. The molecule has 1 N–H and O–H groups in total. The third-order valence-electron chi connectivity index (χ3n) is 3.84. The van der Waals surface area contributed by atoms with Gasteiger partial charge >= 0.3 is 5.97 Å². The van der Waals surface area contributed by atoms with Gasteiger partial charge in [-0.15, -0.1) is 0 Å². The Labute approximate surface area is 147 Å². The van der Waals surface area contributed by atoms with Gasteiger partial charge in [0.25, 0.3) is 5.91 Å².